The normalized spacial score (nSPS) is 13.0. The Morgan fingerprint density at radius 2 is 2.08 bits per heavy atom. The van der Waals surface area contributed by atoms with Gasteiger partial charge in [0.1, 0.15) is 0 Å². The molecule has 0 aromatic rings. The van der Waals surface area contributed by atoms with Gasteiger partial charge in [-0.05, 0) is 34.0 Å². The largest absolute Gasteiger partial charge is 0.358 e. The predicted octanol–water partition coefficient (Wildman–Crippen LogP) is -0.338. The lowest BCUT2D eigenvalue weighted by Gasteiger charge is -2.15. The lowest BCUT2D eigenvalue weighted by Crippen LogP contribution is -2.37. The summed E-state index contributed by atoms with van der Waals surface area (Å²) in [5.74, 6) is 0.0386. The number of hydrogen-bond acceptors (Lipinski definition) is 3. The molecule has 0 aliphatic carbocycles. The van der Waals surface area contributed by atoms with Gasteiger partial charge in [0, 0.05) is 13.1 Å². The average Bonchev–Trinajstić information content (AvgIpc) is 2.10. The maximum Gasteiger partial charge on any atom is 0.233 e. The highest BCUT2D eigenvalue weighted by molar-refractivity contribution is 5.77. The van der Waals surface area contributed by atoms with Crippen molar-refractivity contribution in [3.63, 3.8) is 0 Å². The second kappa shape index (κ2) is 6.86. The second-order valence-corrected chi connectivity index (χ2v) is 3.55. The Hall–Kier alpha value is -0.610. The van der Waals surface area contributed by atoms with E-state index in [1.54, 1.807) is 7.05 Å². The Bertz CT molecular complexity index is 148. The van der Waals surface area contributed by atoms with Crippen molar-refractivity contribution in [1.29, 1.82) is 0 Å². The van der Waals surface area contributed by atoms with Crippen molar-refractivity contribution in [1.82, 2.24) is 15.5 Å². The van der Waals surface area contributed by atoms with E-state index in [0.29, 0.717) is 12.6 Å². The van der Waals surface area contributed by atoms with E-state index in [4.69, 9.17) is 0 Å². The van der Waals surface area contributed by atoms with Crippen LogP contribution in [0.3, 0.4) is 0 Å². The van der Waals surface area contributed by atoms with Gasteiger partial charge in [0.05, 0.1) is 6.54 Å². The van der Waals surface area contributed by atoms with Crippen molar-refractivity contribution in [2.24, 2.45) is 0 Å². The molecule has 0 rings (SSSR count). The van der Waals surface area contributed by atoms with E-state index in [-0.39, 0.29) is 5.91 Å². The quantitative estimate of drug-likeness (QED) is 0.598. The van der Waals surface area contributed by atoms with Crippen LogP contribution in [0.4, 0.5) is 0 Å². The standard InChI is InChI=1S/C9H21N3O/c1-8(5-6-12(3)4)11-7-9(13)10-2/h8,11H,5-7H2,1-4H3,(H,10,13). The van der Waals surface area contributed by atoms with Gasteiger partial charge in [0.15, 0.2) is 0 Å². The highest BCUT2D eigenvalue weighted by Crippen LogP contribution is 1.90. The number of likely N-dealkylation sites (N-methyl/N-ethyl adjacent to an activating group) is 1. The molecule has 78 valence electrons. The van der Waals surface area contributed by atoms with E-state index >= 15 is 0 Å². The van der Waals surface area contributed by atoms with Gasteiger partial charge in [0.25, 0.3) is 0 Å². The molecule has 0 spiro atoms. The molecule has 0 aliphatic rings. The topological polar surface area (TPSA) is 44.4 Å². The van der Waals surface area contributed by atoms with Crippen LogP contribution in [-0.2, 0) is 4.79 Å². The van der Waals surface area contributed by atoms with Crippen LogP contribution in [0.15, 0.2) is 0 Å². The van der Waals surface area contributed by atoms with Gasteiger partial charge >= 0.3 is 0 Å². The zero-order valence-corrected chi connectivity index (χ0v) is 9.05. The number of carbonyl (C=O) groups excluding carboxylic acids is 1. The first-order chi connectivity index (χ1) is 6.06. The predicted molar refractivity (Wildman–Crippen MR) is 54.7 cm³/mol. The van der Waals surface area contributed by atoms with Crippen LogP contribution in [0.5, 0.6) is 0 Å². The van der Waals surface area contributed by atoms with E-state index in [0.717, 1.165) is 13.0 Å². The molecule has 0 aromatic carbocycles. The molecule has 1 unspecified atom stereocenters. The van der Waals surface area contributed by atoms with Gasteiger partial charge in [-0.2, -0.15) is 0 Å². The lowest BCUT2D eigenvalue weighted by atomic mass is 10.2. The highest BCUT2D eigenvalue weighted by atomic mass is 16.1. The van der Waals surface area contributed by atoms with Crippen LogP contribution in [0.1, 0.15) is 13.3 Å². The van der Waals surface area contributed by atoms with Crippen molar-refractivity contribution < 1.29 is 4.79 Å². The first kappa shape index (κ1) is 12.4. The monoisotopic (exact) mass is 187 g/mol. The van der Waals surface area contributed by atoms with Crippen LogP contribution < -0.4 is 10.6 Å². The third kappa shape index (κ3) is 7.74. The Morgan fingerprint density at radius 3 is 2.54 bits per heavy atom. The molecule has 0 fully saturated rings. The summed E-state index contributed by atoms with van der Waals surface area (Å²) in [5.41, 5.74) is 0. The van der Waals surface area contributed by atoms with Crippen LogP contribution >= 0.6 is 0 Å². The summed E-state index contributed by atoms with van der Waals surface area (Å²) in [6, 6.07) is 0.389. The number of rotatable bonds is 6. The van der Waals surface area contributed by atoms with Crippen molar-refractivity contribution >= 4 is 5.91 Å². The average molecular weight is 187 g/mol. The summed E-state index contributed by atoms with van der Waals surface area (Å²) in [6.45, 7) is 3.54. The molecule has 2 N–H and O–H groups in total. The van der Waals surface area contributed by atoms with Gasteiger partial charge in [-0.1, -0.05) is 0 Å². The van der Waals surface area contributed by atoms with Gasteiger partial charge in [0.2, 0.25) is 5.91 Å². The molecule has 4 nitrogen and oxygen atoms in total. The first-order valence-corrected chi connectivity index (χ1v) is 4.65. The number of hydrogen-bond donors (Lipinski definition) is 2. The molecule has 0 aromatic heterocycles. The number of nitrogens with zero attached hydrogens (tertiary/aromatic N) is 1. The fraction of sp³-hybridized carbons (Fsp3) is 0.889. The third-order valence-corrected chi connectivity index (χ3v) is 1.90. The number of nitrogens with one attached hydrogen (secondary N) is 2. The van der Waals surface area contributed by atoms with E-state index in [1.165, 1.54) is 0 Å². The van der Waals surface area contributed by atoms with Crippen LogP contribution in [0.25, 0.3) is 0 Å². The Kier molecular flexibility index (Phi) is 6.54. The van der Waals surface area contributed by atoms with Gasteiger partial charge in [-0.25, -0.2) is 0 Å². The fourth-order valence-electron chi connectivity index (χ4n) is 0.909. The smallest absolute Gasteiger partial charge is 0.233 e. The van der Waals surface area contributed by atoms with E-state index in [9.17, 15) is 4.79 Å². The summed E-state index contributed by atoms with van der Waals surface area (Å²) in [5, 5.41) is 5.72. The minimum atomic E-state index is 0.0386. The summed E-state index contributed by atoms with van der Waals surface area (Å²) in [6.07, 6.45) is 1.06. The van der Waals surface area contributed by atoms with E-state index in [1.807, 2.05) is 14.1 Å². The molecule has 4 heteroatoms. The van der Waals surface area contributed by atoms with Gasteiger partial charge in [-0.3, -0.25) is 4.79 Å². The number of amides is 1. The maximum atomic E-state index is 10.9. The lowest BCUT2D eigenvalue weighted by molar-refractivity contribution is -0.119. The number of carbonyl (C=O) groups is 1. The Morgan fingerprint density at radius 1 is 1.46 bits per heavy atom. The van der Waals surface area contributed by atoms with Crippen molar-refractivity contribution in [2.75, 3.05) is 34.2 Å². The third-order valence-electron chi connectivity index (χ3n) is 1.90. The van der Waals surface area contributed by atoms with Crippen LogP contribution in [-0.4, -0.2) is 51.1 Å². The highest BCUT2D eigenvalue weighted by Gasteiger charge is 2.03. The van der Waals surface area contributed by atoms with E-state index < -0.39 is 0 Å². The minimum Gasteiger partial charge on any atom is -0.358 e. The molecule has 0 radical (unpaired) electrons. The molecule has 0 heterocycles. The molecule has 13 heavy (non-hydrogen) atoms. The summed E-state index contributed by atoms with van der Waals surface area (Å²) < 4.78 is 0. The maximum absolute atomic E-state index is 10.9. The molecule has 1 amide bonds. The summed E-state index contributed by atoms with van der Waals surface area (Å²) in [4.78, 5) is 13.0. The van der Waals surface area contributed by atoms with Crippen molar-refractivity contribution in [3.8, 4) is 0 Å². The Balaban J connectivity index is 3.40. The SMILES string of the molecule is CNC(=O)CNC(C)CCN(C)C. The minimum absolute atomic E-state index is 0.0386. The molecule has 1 atom stereocenters. The molecule has 0 saturated heterocycles. The van der Waals surface area contributed by atoms with Crippen LogP contribution in [0, 0.1) is 0 Å². The van der Waals surface area contributed by atoms with Crippen LogP contribution in [0.2, 0.25) is 0 Å². The second-order valence-electron chi connectivity index (χ2n) is 3.55. The first-order valence-electron chi connectivity index (χ1n) is 4.65. The van der Waals surface area contributed by atoms with Gasteiger partial charge < -0.3 is 15.5 Å². The summed E-state index contributed by atoms with van der Waals surface area (Å²) in [7, 11) is 5.74. The van der Waals surface area contributed by atoms with Gasteiger partial charge in [-0.15, -0.1) is 0 Å². The van der Waals surface area contributed by atoms with Crippen molar-refractivity contribution in [2.45, 2.75) is 19.4 Å². The summed E-state index contributed by atoms with van der Waals surface area (Å²) >= 11 is 0. The molecule has 0 aliphatic heterocycles. The van der Waals surface area contributed by atoms with Crippen molar-refractivity contribution in [3.05, 3.63) is 0 Å². The zero-order valence-electron chi connectivity index (χ0n) is 9.05. The Labute approximate surface area is 80.7 Å². The molecule has 0 bridgehead atoms. The fourth-order valence-corrected chi connectivity index (χ4v) is 0.909. The molecular formula is C9H21N3O. The zero-order chi connectivity index (χ0) is 10.3. The van der Waals surface area contributed by atoms with E-state index in [2.05, 4.69) is 22.5 Å². The molecular weight excluding hydrogens is 166 g/mol. The molecule has 0 saturated carbocycles.